The number of para-hydroxylation sites is 1. The van der Waals surface area contributed by atoms with Gasteiger partial charge in [0.2, 0.25) is 0 Å². The Kier molecular flexibility index (Phi) is 2.77. The molecular formula is C13H15N3. The highest BCUT2D eigenvalue weighted by atomic mass is 15.3. The molecule has 0 bridgehead atoms. The predicted molar refractivity (Wildman–Crippen MR) is 67.0 cm³/mol. The van der Waals surface area contributed by atoms with Gasteiger partial charge in [-0.15, -0.1) is 0 Å². The van der Waals surface area contributed by atoms with Crippen LogP contribution in [0.25, 0.3) is 5.70 Å². The van der Waals surface area contributed by atoms with Crippen LogP contribution in [0.4, 0.5) is 5.69 Å². The van der Waals surface area contributed by atoms with Crippen LogP contribution in [0.2, 0.25) is 0 Å². The molecule has 3 heteroatoms. The number of hydrogen-bond donors (Lipinski definition) is 1. The normalized spacial score (nSPS) is 10.1. The Morgan fingerprint density at radius 3 is 2.56 bits per heavy atom. The van der Waals surface area contributed by atoms with Crippen molar-refractivity contribution >= 4 is 11.4 Å². The Morgan fingerprint density at radius 2 is 2.00 bits per heavy atom. The lowest BCUT2D eigenvalue weighted by atomic mass is 10.2. The molecule has 1 heterocycles. The Hall–Kier alpha value is -2.03. The van der Waals surface area contributed by atoms with E-state index in [1.165, 1.54) is 0 Å². The molecule has 16 heavy (non-hydrogen) atoms. The number of nitrogens with one attached hydrogen (secondary N) is 1. The van der Waals surface area contributed by atoms with Crippen LogP contribution in [0.15, 0.2) is 43.0 Å². The van der Waals surface area contributed by atoms with Crippen LogP contribution in [0.1, 0.15) is 11.4 Å². The molecule has 82 valence electrons. The summed E-state index contributed by atoms with van der Waals surface area (Å²) < 4.78 is 1.83. The van der Waals surface area contributed by atoms with E-state index < -0.39 is 0 Å². The van der Waals surface area contributed by atoms with Gasteiger partial charge in [-0.3, -0.25) is 4.68 Å². The van der Waals surface area contributed by atoms with Crippen molar-refractivity contribution in [3.8, 4) is 0 Å². The van der Waals surface area contributed by atoms with E-state index in [0.717, 1.165) is 22.8 Å². The number of benzene rings is 1. The third-order valence-electron chi connectivity index (χ3n) is 2.38. The van der Waals surface area contributed by atoms with Crippen molar-refractivity contribution in [1.29, 1.82) is 0 Å². The zero-order valence-electron chi connectivity index (χ0n) is 9.57. The summed E-state index contributed by atoms with van der Waals surface area (Å²) in [5, 5.41) is 7.55. The molecule has 3 nitrogen and oxygen atoms in total. The Balaban J connectivity index is 2.18. The molecule has 0 spiro atoms. The maximum absolute atomic E-state index is 4.29. The van der Waals surface area contributed by atoms with E-state index in [-0.39, 0.29) is 0 Å². The van der Waals surface area contributed by atoms with Gasteiger partial charge >= 0.3 is 0 Å². The van der Waals surface area contributed by atoms with Crippen molar-refractivity contribution in [3.05, 3.63) is 54.4 Å². The Bertz CT molecular complexity index is 497. The molecule has 0 aliphatic heterocycles. The van der Waals surface area contributed by atoms with E-state index >= 15 is 0 Å². The first-order valence-corrected chi connectivity index (χ1v) is 5.19. The fourth-order valence-electron chi connectivity index (χ4n) is 1.65. The Labute approximate surface area is 95.4 Å². The number of rotatable bonds is 3. The molecule has 1 aromatic heterocycles. The first kappa shape index (κ1) is 10.5. The van der Waals surface area contributed by atoms with Crippen LogP contribution < -0.4 is 5.32 Å². The molecule has 0 saturated heterocycles. The number of hydrogen-bond acceptors (Lipinski definition) is 2. The molecule has 0 amide bonds. The minimum absolute atomic E-state index is 0.856. The van der Waals surface area contributed by atoms with Gasteiger partial charge in [-0.05, 0) is 25.1 Å². The molecule has 1 aromatic carbocycles. The predicted octanol–water partition coefficient (Wildman–Crippen LogP) is 2.81. The summed E-state index contributed by atoms with van der Waals surface area (Å²) in [6.45, 7) is 5.99. The van der Waals surface area contributed by atoms with Gasteiger partial charge in [0, 0.05) is 12.7 Å². The van der Waals surface area contributed by atoms with Gasteiger partial charge in [-0.25, -0.2) is 0 Å². The lowest BCUT2D eigenvalue weighted by Crippen LogP contribution is -2.03. The standard InChI is InChI=1S/C13H15N3/c1-10-9-13(16(3)15-10)11(2)14-12-7-5-4-6-8-12/h4-9,14H,2H2,1,3H3. The quantitative estimate of drug-likeness (QED) is 0.849. The fourth-order valence-corrected chi connectivity index (χ4v) is 1.65. The highest BCUT2D eigenvalue weighted by Gasteiger charge is 2.05. The van der Waals surface area contributed by atoms with Crippen LogP contribution in [0.5, 0.6) is 0 Å². The minimum atomic E-state index is 0.856. The summed E-state index contributed by atoms with van der Waals surface area (Å²) in [5.41, 5.74) is 3.88. The number of anilines is 1. The van der Waals surface area contributed by atoms with E-state index in [4.69, 9.17) is 0 Å². The summed E-state index contributed by atoms with van der Waals surface area (Å²) >= 11 is 0. The molecule has 0 saturated carbocycles. The topological polar surface area (TPSA) is 29.9 Å². The molecule has 2 aromatic rings. The lowest BCUT2D eigenvalue weighted by molar-refractivity contribution is 0.746. The monoisotopic (exact) mass is 213 g/mol. The lowest BCUT2D eigenvalue weighted by Gasteiger charge is -2.09. The van der Waals surface area contributed by atoms with Crippen LogP contribution in [-0.2, 0) is 7.05 Å². The molecule has 0 atom stereocenters. The first-order valence-electron chi connectivity index (χ1n) is 5.19. The molecule has 0 radical (unpaired) electrons. The van der Waals surface area contributed by atoms with Crippen molar-refractivity contribution in [1.82, 2.24) is 9.78 Å². The highest BCUT2D eigenvalue weighted by Crippen LogP contribution is 2.16. The largest absolute Gasteiger partial charge is 0.354 e. The van der Waals surface area contributed by atoms with Crippen molar-refractivity contribution in [2.24, 2.45) is 7.05 Å². The van der Waals surface area contributed by atoms with Gasteiger partial charge in [-0.2, -0.15) is 5.10 Å². The van der Waals surface area contributed by atoms with Gasteiger partial charge in [-0.1, -0.05) is 24.8 Å². The zero-order valence-corrected chi connectivity index (χ0v) is 9.57. The Morgan fingerprint density at radius 1 is 1.31 bits per heavy atom. The van der Waals surface area contributed by atoms with Crippen molar-refractivity contribution in [2.45, 2.75) is 6.92 Å². The molecule has 0 aliphatic rings. The summed E-state index contributed by atoms with van der Waals surface area (Å²) in [6, 6.07) is 12.0. The first-order chi connectivity index (χ1) is 7.66. The average Bonchev–Trinajstić information content (AvgIpc) is 2.59. The average molecular weight is 213 g/mol. The smallest absolute Gasteiger partial charge is 0.0838 e. The van der Waals surface area contributed by atoms with Crippen molar-refractivity contribution < 1.29 is 0 Å². The third-order valence-corrected chi connectivity index (χ3v) is 2.38. The summed E-state index contributed by atoms with van der Waals surface area (Å²) in [6.07, 6.45) is 0. The molecule has 0 unspecified atom stereocenters. The maximum atomic E-state index is 4.29. The van der Waals surface area contributed by atoms with Crippen molar-refractivity contribution in [3.63, 3.8) is 0 Å². The van der Waals surface area contributed by atoms with E-state index in [0.29, 0.717) is 0 Å². The van der Waals surface area contributed by atoms with Crippen LogP contribution in [0.3, 0.4) is 0 Å². The fraction of sp³-hybridized carbons (Fsp3) is 0.154. The van der Waals surface area contributed by atoms with Crippen LogP contribution in [0, 0.1) is 6.92 Å². The SMILES string of the molecule is C=C(Nc1ccccc1)c1cc(C)nn1C. The van der Waals surface area contributed by atoms with E-state index in [1.54, 1.807) is 0 Å². The van der Waals surface area contributed by atoms with Gasteiger partial charge in [0.15, 0.2) is 0 Å². The highest BCUT2D eigenvalue weighted by molar-refractivity contribution is 5.73. The van der Waals surface area contributed by atoms with E-state index in [1.807, 2.05) is 55.1 Å². The second kappa shape index (κ2) is 4.23. The molecule has 0 aliphatic carbocycles. The maximum Gasteiger partial charge on any atom is 0.0838 e. The van der Waals surface area contributed by atoms with E-state index in [2.05, 4.69) is 17.0 Å². The summed E-state index contributed by atoms with van der Waals surface area (Å²) in [7, 11) is 1.92. The number of aromatic nitrogens is 2. The molecule has 2 rings (SSSR count). The van der Waals surface area contributed by atoms with Gasteiger partial charge in [0.25, 0.3) is 0 Å². The van der Waals surface area contributed by atoms with E-state index in [9.17, 15) is 0 Å². The summed E-state index contributed by atoms with van der Waals surface area (Å²) in [5.74, 6) is 0. The number of nitrogens with zero attached hydrogens (tertiary/aromatic N) is 2. The van der Waals surface area contributed by atoms with Gasteiger partial charge in [0.05, 0.1) is 17.1 Å². The zero-order chi connectivity index (χ0) is 11.5. The third kappa shape index (κ3) is 2.14. The van der Waals surface area contributed by atoms with Crippen LogP contribution in [-0.4, -0.2) is 9.78 Å². The second-order valence-corrected chi connectivity index (χ2v) is 3.76. The van der Waals surface area contributed by atoms with Gasteiger partial charge in [0.1, 0.15) is 0 Å². The number of aryl methyl sites for hydroxylation is 2. The van der Waals surface area contributed by atoms with Crippen LogP contribution >= 0.6 is 0 Å². The van der Waals surface area contributed by atoms with Crippen molar-refractivity contribution in [2.75, 3.05) is 5.32 Å². The molecule has 0 fully saturated rings. The molecule has 1 N–H and O–H groups in total. The second-order valence-electron chi connectivity index (χ2n) is 3.76. The molecular weight excluding hydrogens is 198 g/mol. The minimum Gasteiger partial charge on any atom is -0.354 e. The summed E-state index contributed by atoms with van der Waals surface area (Å²) in [4.78, 5) is 0. The van der Waals surface area contributed by atoms with Gasteiger partial charge < -0.3 is 5.32 Å².